The van der Waals surface area contributed by atoms with E-state index >= 15 is 0 Å². The monoisotopic (exact) mass is 187 g/mol. The normalized spacial score (nSPS) is 21.2. The van der Waals surface area contributed by atoms with E-state index in [-0.39, 0.29) is 6.54 Å². The van der Waals surface area contributed by atoms with Gasteiger partial charge < -0.3 is 9.84 Å². The van der Waals surface area contributed by atoms with Crippen LogP contribution in [0.5, 0.6) is 0 Å². The van der Waals surface area contributed by atoms with Gasteiger partial charge >= 0.3 is 12.1 Å². The molecule has 0 spiro atoms. The van der Waals surface area contributed by atoms with E-state index in [1.54, 1.807) is 20.8 Å². The first-order valence-corrected chi connectivity index (χ1v) is 4.04. The van der Waals surface area contributed by atoms with Crippen molar-refractivity contribution in [2.75, 3.05) is 6.54 Å². The van der Waals surface area contributed by atoms with Crippen molar-refractivity contribution in [3.05, 3.63) is 0 Å². The van der Waals surface area contributed by atoms with Gasteiger partial charge in [-0.25, -0.2) is 9.59 Å². The quantitative estimate of drug-likeness (QED) is 0.613. The average Bonchev–Trinajstić information content (AvgIpc) is 2.58. The number of hydrogen-bond donors (Lipinski definition) is 1. The Balaban J connectivity index is 2.40. The molecule has 1 fully saturated rings. The number of carboxylic acid groups (broad SMARTS) is 1. The van der Waals surface area contributed by atoms with Gasteiger partial charge in [-0.15, -0.1) is 0 Å². The summed E-state index contributed by atoms with van der Waals surface area (Å²) in [5.41, 5.74) is -0.567. The van der Waals surface area contributed by atoms with Gasteiger partial charge in [-0.3, -0.25) is 4.90 Å². The Labute approximate surface area is 76.3 Å². The number of aliphatic carboxylic acids is 1. The van der Waals surface area contributed by atoms with Crippen molar-refractivity contribution in [1.82, 2.24) is 4.90 Å². The van der Waals surface area contributed by atoms with Gasteiger partial charge in [0.15, 0.2) is 6.04 Å². The van der Waals surface area contributed by atoms with Gasteiger partial charge in [0.2, 0.25) is 0 Å². The minimum absolute atomic E-state index is 0.254. The van der Waals surface area contributed by atoms with Crippen LogP contribution in [0.2, 0.25) is 0 Å². The molecule has 1 amide bonds. The van der Waals surface area contributed by atoms with Crippen molar-refractivity contribution in [3.63, 3.8) is 0 Å². The summed E-state index contributed by atoms with van der Waals surface area (Å²) >= 11 is 0. The minimum atomic E-state index is -0.981. The van der Waals surface area contributed by atoms with Crippen LogP contribution in [0.1, 0.15) is 20.8 Å². The largest absolute Gasteiger partial charge is 0.480 e. The van der Waals surface area contributed by atoms with Crippen molar-refractivity contribution in [2.45, 2.75) is 32.4 Å². The van der Waals surface area contributed by atoms with Gasteiger partial charge in [-0.2, -0.15) is 0 Å². The van der Waals surface area contributed by atoms with Gasteiger partial charge in [0.05, 0.1) is 6.54 Å². The molecular formula is C8H13NO4. The molecule has 1 unspecified atom stereocenters. The average molecular weight is 187 g/mol. The van der Waals surface area contributed by atoms with E-state index in [2.05, 4.69) is 0 Å². The van der Waals surface area contributed by atoms with E-state index < -0.39 is 23.7 Å². The van der Waals surface area contributed by atoms with E-state index in [0.717, 1.165) is 0 Å². The molecular weight excluding hydrogens is 174 g/mol. The maximum Gasteiger partial charge on any atom is 0.411 e. The predicted molar refractivity (Wildman–Crippen MR) is 44.4 cm³/mol. The number of amides is 1. The second kappa shape index (κ2) is 2.90. The van der Waals surface area contributed by atoms with Gasteiger partial charge in [-0.1, -0.05) is 0 Å². The molecule has 0 aromatic rings. The zero-order valence-corrected chi connectivity index (χ0v) is 7.90. The van der Waals surface area contributed by atoms with Crippen LogP contribution >= 0.6 is 0 Å². The first kappa shape index (κ1) is 9.83. The van der Waals surface area contributed by atoms with E-state index in [0.29, 0.717) is 0 Å². The highest BCUT2D eigenvalue weighted by molar-refractivity contribution is 5.85. The topological polar surface area (TPSA) is 66.6 Å². The highest BCUT2D eigenvalue weighted by Gasteiger charge is 2.46. The number of carbonyl (C=O) groups excluding carboxylic acids is 1. The fraction of sp³-hybridized carbons (Fsp3) is 0.750. The molecule has 1 N–H and O–H groups in total. The lowest BCUT2D eigenvalue weighted by Crippen LogP contribution is -2.29. The van der Waals surface area contributed by atoms with Gasteiger partial charge in [0.1, 0.15) is 5.60 Å². The number of ether oxygens (including phenoxy) is 1. The lowest BCUT2D eigenvalue weighted by Gasteiger charge is -2.19. The molecule has 5 nitrogen and oxygen atoms in total. The SMILES string of the molecule is CC(C)(C)OC(=O)N1CC1C(=O)O. The lowest BCUT2D eigenvalue weighted by molar-refractivity contribution is -0.137. The third-order valence-electron chi connectivity index (χ3n) is 1.53. The molecule has 0 aromatic carbocycles. The minimum Gasteiger partial charge on any atom is -0.480 e. The number of rotatable bonds is 1. The van der Waals surface area contributed by atoms with Crippen LogP contribution < -0.4 is 0 Å². The summed E-state index contributed by atoms with van der Waals surface area (Å²) in [5.74, 6) is -0.981. The Morgan fingerprint density at radius 3 is 2.31 bits per heavy atom. The van der Waals surface area contributed by atoms with Crippen LogP contribution in [0, 0.1) is 0 Å². The summed E-state index contributed by atoms with van der Waals surface area (Å²) in [6.07, 6.45) is -0.556. The number of nitrogens with zero attached hydrogens (tertiary/aromatic N) is 1. The van der Waals surface area contributed by atoms with E-state index in [1.165, 1.54) is 4.90 Å². The summed E-state index contributed by atoms with van der Waals surface area (Å²) < 4.78 is 4.97. The molecule has 5 heteroatoms. The molecule has 0 radical (unpaired) electrons. The van der Waals surface area contributed by atoms with Crippen molar-refractivity contribution in [1.29, 1.82) is 0 Å². The lowest BCUT2D eigenvalue weighted by atomic mass is 10.2. The zero-order valence-electron chi connectivity index (χ0n) is 7.90. The third kappa shape index (κ3) is 2.61. The second-order valence-corrected chi connectivity index (χ2v) is 3.99. The molecule has 13 heavy (non-hydrogen) atoms. The molecule has 1 rings (SSSR count). The van der Waals surface area contributed by atoms with Crippen LogP contribution in [0.15, 0.2) is 0 Å². The van der Waals surface area contributed by atoms with E-state index in [9.17, 15) is 9.59 Å². The Bertz CT molecular complexity index is 243. The maximum atomic E-state index is 11.2. The zero-order chi connectivity index (χ0) is 10.2. The smallest absolute Gasteiger partial charge is 0.411 e. The first-order chi connectivity index (χ1) is 5.81. The fourth-order valence-corrected chi connectivity index (χ4v) is 0.873. The van der Waals surface area contributed by atoms with Crippen LogP contribution in [-0.4, -0.2) is 40.3 Å². The van der Waals surface area contributed by atoms with Gasteiger partial charge in [0, 0.05) is 0 Å². The van der Waals surface area contributed by atoms with Crippen molar-refractivity contribution >= 4 is 12.1 Å². The molecule has 74 valence electrons. The van der Waals surface area contributed by atoms with Crippen molar-refractivity contribution in [2.24, 2.45) is 0 Å². The standard InChI is InChI=1S/C8H13NO4/c1-8(2,3)13-7(12)9-4-5(9)6(10)11/h5H,4H2,1-3H3,(H,10,11). The molecule has 1 atom stereocenters. The summed E-state index contributed by atoms with van der Waals surface area (Å²) in [6.45, 7) is 5.47. The Morgan fingerprint density at radius 2 is 2.00 bits per heavy atom. The molecule has 1 saturated heterocycles. The van der Waals surface area contributed by atoms with Crippen LogP contribution in [0.4, 0.5) is 4.79 Å². The highest BCUT2D eigenvalue weighted by atomic mass is 16.6. The van der Waals surface area contributed by atoms with Crippen molar-refractivity contribution in [3.8, 4) is 0 Å². The molecule has 1 aliphatic rings. The predicted octanol–water partition coefficient (Wildman–Crippen LogP) is 0.690. The molecule has 1 heterocycles. The van der Waals surface area contributed by atoms with Crippen LogP contribution in [-0.2, 0) is 9.53 Å². The Kier molecular flexibility index (Phi) is 2.19. The van der Waals surface area contributed by atoms with E-state index in [1.807, 2.05) is 0 Å². The Hall–Kier alpha value is -1.26. The van der Waals surface area contributed by atoms with Gasteiger partial charge in [-0.05, 0) is 20.8 Å². The number of carbonyl (C=O) groups is 2. The second-order valence-electron chi connectivity index (χ2n) is 3.99. The molecule has 0 bridgehead atoms. The van der Waals surface area contributed by atoms with Crippen LogP contribution in [0.3, 0.4) is 0 Å². The number of carboxylic acids is 1. The fourth-order valence-electron chi connectivity index (χ4n) is 0.873. The van der Waals surface area contributed by atoms with Crippen molar-refractivity contribution < 1.29 is 19.4 Å². The maximum absolute atomic E-state index is 11.2. The summed E-state index contributed by atoms with van der Waals surface area (Å²) in [6, 6.07) is -0.685. The van der Waals surface area contributed by atoms with Crippen LogP contribution in [0.25, 0.3) is 0 Å². The molecule has 0 aromatic heterocycles. The third-order valence-corrected chi connectivity index (χ3v) is 1.53. The Morgan fingerprint density at radius 1 is 1.46 bits per heavy atom. The molecule has 0 aliphatic carbocycles. The summed E-state index contributed by atoms with van der Waals surface area (Å²) in [7, 11) is 0. The number of hydrogen-bond acceptors (Lipinski definition) is 3. The van der Waals surface area contributed by atoms with E-state index in [4.69, 9.17) is 9.84 Å². The first-order valence-electron chi connectivity index (χ1n) is 4.04. The summed E-state index contributed by atoms with van der Waals surface area (Å²) in [5, 5.41) is 8.52. The molecule has 0 saturated carbocycles. The highest BCUT2D eigenvalue weighted by Crippen LogP contribution is 2.21. The molecule has 1 aliphatic heterocycles. The van der Waals surface area contributed by atoms with Gasteiger partial charge in [0.25, 0.3) is 0 Å². The summed E-state index contributed by atoms with van der Waals surface area (Å²) in [4.78, 5) is 22.7.